The number of urea groups is 1. The molecule has 0 aliphatic carbocycles. The van der Waals surface area contributed by atoms with E-state index in [1.54, 1.807) is 12.1 Å². The highest BCUT2D eigenvalue weighted by Crippen LogP contribution is 2.23. The predicted molar refractivity (Wildman–Crippen MR) is 77.7 cm³/mol. The lowest BCUT2D eigenvalue weighted by molar-refractivity contribution is -0.124. The van der Waals surface area contributed by atoms with Gasteiger partial charge in [0.2, 0.25) is 0 Å². The number of hydrogen-bond acceptors (Lipinski definition) is 3. The van der Waals surface area contributed by atoms with Gasteiger partial charge >= 0.3 is 6.03 Å². The molecule has 20 heavy (non-hydrogen) atoms. The average Bonchev–Trinajstić information content (AvgIpc) is 2.44. The Hall–Kier alpha value is -1.85. The van der Waals surface area contributed by atoms with E-state index >= 15 is 0 Å². The highest BCUT2D eigenvalue weighted by molar-refractivity contribution is 6.35. The number of hydrogen-bond donors (Lipinski definition) is 1. The van der Waals surface area contributed by atoms with Gasteiger partial charge in [-0.3, -0.25) is 14.5 Å². The van der Waals surface area contributed by atoms with Gasteiger partial charge in [-0.25, -0.2) is 4.79 Å². The Morgan fingerprint density at radius 2 is 1.95 bits per heavy atom. The molecule has 0 atom stereocenters. The van der Waals surface area contributed by atoms with Crippen LogP contribution in [0.3, 0.4) is 0 Å². The van der Waals surface area contributed by atoms with E-state index in [2.05, 4.69) is 5.32 Å². The predicted octanol–water partition coefficient (Wildman–Crippen LogP) is 2.37. The number of halogens is 2. The van der Waals surface area contributed by atoms with Gasteiger partial charge in [0.15, 0.2) is 6.29 Å². The van der Waals surface area contributed by atoms with E-state index in [4.69, 9.17) is 23.2 Å². The quantitative estimate of drug-likeness (QED) is 0.403. The second-order valence-electron chi connectivity index (χ2n) is 3.80. The third-order valence-corrected chi connectivity index (χ3v) is 3.03. The lowest BCUT2D eigenvalue weighted by Crippen LogP contribution is -2.40. The van der Waals surface area contributed by atoms with Crippen LogP contribution in [0, 0.1) is 0 Å². The van der Waals surface area contributed by atoms with Crippen molar-refractivity contribution >= 4 is 47.5 Å². The van der Waals surface area contributed by atoms with Crippen molar-refractivity contribution in [2.75, 3.05) is 14.1 Å². The summed E-state index contributed by atoms with van der Waals surface area (Å²) in [5.41, 5.74) is 0.261. The Bertz CT molecular complexity index is 585. The van der Waals surface area contributed by atoms with Gasteiger partial charge in [0, 0.05) is 24.1 Å². The Morgan fingerprint density at radius 1 is 1.30 bits per heavy atom. The second-order valence-corrected chi connectivity index (χ2v) is 4.65. The van der Waals surface area contributed by atoms with Gasteiger partial charge in [-0.1, -0.05) is 29.3 Å². The molecule has 1 rings (SSSR count). The minimum Gasteiger partial charge on any atom is -0.341 e. The molecule has 0 spiro atoms. The minimum absolute atomic E-state index is 0.194. The van der Waals surface area contributed by atoms with Gasteiger partial charge in [-0.05, 0) is 23.8 Å². The van der Waals surface area contributed by atoms with E-state index in [1.165, 1.54) is 26.2 Å². The van der Waals surface area contributed by atoms with Crippen molar-refractivity contribution in [2.45, 2.75) is 0 Å². The van der Waals surface area contributed by atoms with Crippen LogP contribution in [-0.2, 0) is 9.59 Å². The van der Waals surface area contributed by atoms with Gasteiger partial charge in [0.05, 0.1) is 5.57 Å². The number of nitrogens with zero attached hydrogens (tertiary/aromatic N) is 1. The molecule has 0 saturated heterocycles. The molecule has 0 radical (unpaired) electrons. The first-order chi connectivity index (χ1) is 9.40. The van der Waals surface area contributed by atoms with E-state index in [0.717, 1.165) is 4.90 Å². The Labute approximate surface area is 126 Å². The lowest BCUT2D eigenvalue weighted by atomic mass is 10.1. The summed E-state index contributed by atoms with van der Waals surface area (Å²) in [5.74, 6) is -0.731. The molecule has 7 heteroatoms. The zero-order chi connectivity index (χ0) is 15.3. The highest BCUT2D eigenvalue weighted by atomic mass is 35.5. The van der Waals surface area contributed by atoms with Gasteiger partial charge in [0.1, 0.15) is 0 Å². The number of likely N-dealkylation sites (N-methyl/N-ethyl adjacent to an activating group) is 1. The van der Waals surface area contributed by atoms with E-state index in [0.29, 0.717) is 21.9 Å². The number of nitrogens with one attached hydrogen (secondary N) is 1. The van der Waals surface area contributed by atoms with Gasteiger partial charge < -0.3 is 5.32 Å². The van der Waals surface area contributed by atoms with Gasteiger partial charge in [0.25, 0.3) is 5.91 Å². The summed E-state index contributed by atoms with van der Waals surface area (Å²) in [6.07, 6.45) is 1.67. The standard InChI is InChI=1S/C13H12Cl2N2O3/c1-16-13(20)17(2)12(19)9(7-18)5-8-3-4-10(14)6-11(8)15/h3-7H,1-2H3,(H,16,20)/b9-5-. The zero-order valence-electron chi connectivity index (χ0n) is 10.8. The zero-order valence-corrected chi connectivity index (χ0v) is 12.3. The molecular formula is C13H12Cl2N2O3. The molecular weight excluding hydrogens is 303 g/mol. The van der Waals surface area contributed by atoms with Crippen LogP contribution >= 0.6 is 23.2 Å². The molecule has 106 valence electrons. The topological polar surface area (TPSA) is 66.5 Å². The summed E-state index contributed by atoms with van der Waals surface area (Å²) in [6.45, 7) is 0. The average molecular weight is 315 g/mol. The van der Waals surface area contributed by atoms with Crippen molar-refractivity contribution in [1.82, 2.24) is 10.2 Å². The normalized spacial score (nSPS) is 10.9. The summed E-state index contributed by atoms with van der Waals surface area (Å²) < 4.78 is 0. The number of benzene rings is 1. The highest BCUT2D eigenvalue weighted by Gasteiger charge is 2.19. The van der Waals surface area contributed by atoms with Crippen LogP contribution in [0.15, 0.2) is 23.8 Å². The van der Waals surface area contributed by atoms with E-state index in [-0.39, 0.29) is 5.57 Å². The third-order valence-electron chi connectivity index (χ3n) is 2.47. The van der Waals surface area contributed by atoms with Crippen LogP contribution in [0.5, 0.6) is 0 Å². The van der Waals surface area contributed by atoms with Crippen LogP contribution in [0.25, 0.3) is 6.08 Å². The summed E-state index contributed by atoms with van der Waals surface area (Å²) in [6, 6.07) is 4.02. The van der Waals surface area contributed by atoms with Crippen molar-refractivity contribution in [3.8, 4) is 0 Å². The molecule has 0 bridgehead atoms. The molecule has 1 aromatic carbocycles. The number of aldehydes is 1. The smallest absolute Gasteiger partial charge is 0.323 e. The van der Waals surface area contributed by atoms with Crippen LogP contribution in [0.4, 0.5) is 4.79 Å². The van der Waals surface area contributed by atoms with Gasteiger partial charge in [-0.15, -0.1) is 0 Å². The SMILES string of the molecule is CNC(=O)N(C)C(=O)/C(C=O)=C\c1ccc(Cl)cc1Cl. The molecule has 0 aromatic heterocycles. The molecule has 1 aromatic rings. The molecule has 0 fully saturated rings. The lowest BCUT2D eigenvalue weighted by Gasteiger charge is -2.14. The Kier molecular flexibility index (Phi) is 5.73. The first-order valence-electron chi connectivity index (χ1n) is 5.52. The molecule has 0 saturated carbocycles. The molecule has 5 nitrogen and oxygen atoms in total. The number of carbonyl (C=O) groups excluding carboxylic acids is 3. The fraction of sp³-hybridized carbons (Fsp3) is 0.154. The first kappa shape index (κ1) is 16.2. The van der Waals surface area contributed by atoms with Crippen LogP contribution in [0.1, 0.15) is 5.56 Å². The van der Waals surface area contributed by atoms with E-state index in [1.807, 2.05) is 0 Å². The summed E-state index contributed by atoms with van der Waals surface area (Å²) in [7, 11) is 2.65. The first-order valence-corrected chi connectivity index (χ1v) is 6.28. The van der Waals surface area contributed by atoms with Crippen molar-refractivity contribution in [2.24, 2.45) is 0 Å². The largest absolute Gasteiger partial charge is 0.341 e. The van der Waals surface area contributed by atoms with Crippen LogP contribution in [0.2, 0.25) is 10.0 Å². The Morgan fingerprint density at radius 3 is 2.45 bits per heavy atom. The third kappa shape index (κ3) is 3.82. The maximum Gasteiger partial charge on any atom is 0.323 e. The number of rotatable bonds is 3. The number of carbonyl (C=O) groups is 3. The molecule has 0 aliphatic heterocycles. The second kappa shape index (κ2) is 7.07. The van der Waals surface area contributed by atoms with E-state index in [9.17, 15) is 14.4 Å². The van der Waals surface area contributed by atoms with Crippen LogP contribution in [-0.4, -0.2) is 37.2 Å². The fourth-order valence-corrected chi connectivity index (χ4v) is 1.85. The molecule has 0 heterocycles. The van der Waals surface area contributed by atoms with Gasteiger partial charge in [-0.2, -0.15) is 0 Å². The summed E-state index contributed by atoms with van der Waals surface area (Å²) in [5, 5.41) is 3.02. The van der Waals surface area contributed by atoms with Crippen molar-refractivity contribution in [3.63, 3.8) is 0 Å². The van der Waals surface area contributed by atoms with E-state index < -0.39 is 11.9 Å². The number of amides is 3. The molecule has 1 N–H and O–H groups in total. The van der Waals surface area contributed by atoms with Crippen molar-refractivity contribution < 1.29 is 14.4 Å². The molecule has 3 amide bonds. The van der Waals surface area contributed by atoms with Crippen molar-refractivity contribution in [3.05, 3.63) is 39.4 Å². The molecule has 0 aliphatic rings. The number of imide groups is 1. The molecule has 0 unspecified atom stereocenters. The maximum absolute atomic E-state index is 12.0. The minimum atomic E-state index is -0.731. The summed E-state index contributed by atoms with van der Waals surface area (Å²) >= 11 is 11.7. The maximum atomic E-state index is 12.0. The fourth-order valence-electron chi connectivity index (χ4n) is 1.39. The van der Waals surface area contributed by atoms with Crippen molar-refractivity contribution in [1.29, 1.82) is 0 Å². The monoisotopic (exact) mass is 314 g/mol. The van der Waals surface area contributed by atoms with Crippen LogP contribution < -0.4 is 5.32 Å². The summed E-state index contributed by atoms with van der Waals surface area (Å²) in [4.78, 5) is 35.1. The Balaban J connectivity index is 3.12.